The van der Waals surface area contributed by atoms with Crippen LogP contribution in [0.25, 0.3) is 0 Å². The lowest BCUT2D eigenvalue weighted by Gasteiger charge is -2.23. The molecule has 0 radical (unpaired) electrons. The second-order valence-electron chi connectivity index (χ2n) is 10.6. The molecule has 0 aliphatic heterocycles. The molecule has 4 aromatic rings. The summed E-state index contributed by atoms with van der Waals surface area (Å²) < 4.78 is 10.4. The van der Waals surface area contributed by atoms with Crippen LogP contribution in [-0.2, 0) is 19.1 Å². The highest BCUT2D eigenvalue weighted by Crippen LogP contribution is 2.16. The number of carboxylic acid groups (broad SMARTS) is 1. The summed E-state index contributed by atoms with van der Waals surface area (Å²) in [7, 11) is 0. The van der Waals surface area contributed by atoms with Crippen molar-refractivity contribution in [2.45, 2.75) is 33.0 Å². The summed E-state index contributed by atoms with van der Waals surface area (Å²) in [5, 5.41) is 12.7. The third-order valence-electron chi connectivity index (χ3n) is 6.74. The molecule has 4 aromatic carbocycles. The number of nitrogens with one attached hydrogen (secondary N) is 3. The van der Waals surface area contributed by atoms with E-state index in [1.807, 2.05) is 18.4 Å². The lowest BCUT2D eigenvalue weighted by atomic mass is 10.1. The fourth-order valence-corrected chi connectivity index (χ4v) is 4.36. The van der Waals surface area contributed by atoms with E-state index in [0.717, 1.165) is 5.56 Å². The van der Waals surface area contributed by atoms with Crippen molar-refractivity contribution in [3.63, 3.8) is 0 Å². The first-order valence-electron chi connectivity index (χ1n) is 14.3. The fourth-order valence-electron chi connectivity index (χ4n) is 4.36. The van der Waals surface area contributed by atoms with Crippen molar-refractivity contribution >= 4 is 41.3 Å². The zero-order valence-electron chi connectivity index (χ0n) is 25.6. The molecule has 12 nitrogen and oxygen atoms in total. The molecule has 0 fully saturated rings. The molecule has 3 amide bonds. The molecule has 0 spiro atoms. The Morgan fingerprint density at radius 3 is 1.51 bits per heavy atom. The molecule has 12 heteroatoms. The molecule has 4 rings (SSSR count). The van der Waals surface area contributed by atoms with E-state index < -0.39 is 41.9 Å². The summed E-state index contributed by atoms with van der Waals surface area (Å²) in [5.74, 6) is -6.38. The van der Waals surface area contributed by atoms with Gasteiger partial charge in [0.1, 0.15) is 0 Å². The minimum atomic E-state index is -2.29. The largest absolute Gasteiger partial charge is 0.478 e. The zero-order valence-corrected chi connectivity index (χ0v) is 25.6. The number of carboxylic acids is 1. The van der Waals surface area contributed by atoms with Gasteiger partial charge in [0, 0.05) is 16.8 Å². The first-order chi connectivity index (χ1) is 22.4. The number of aryl methyl sites for hydroxylation is 3. The van der Waals surface area contributed by atoms with Crippen LogP contribution >= 0.6 is 0 Å². The normalized spacial score (nSPS) is 11.7. The summed E-state index contributed by atoms with van der Waals surface area (Å²) in [5.41, 5.74) is 7.40. The van der Waals surface area contributed by atoms with Gasteiger partial charge in [-0.1, -0.05) is 53.1 Å². The Hall–Kier alpha value is -6.30. The van der Waals surface area contributed by atoms with Crippen molar-refractivity contribution in [1.29, 1.82) is 0 Å². The third kappa shape index (κ3) is 9.11. The monoisotopic (exact) mass is 637 g/mol. The fraction of sp³-hybridized carbons (Fsp3) is 0.143. The number of hydrogen-bond acceptors (Lipinski definition) is 8. The maximum atomic E-state index is 13.3. The number of ether oxygens (including phenoxy) is 2. The molecule has 0 bridgehead atoms. The van der Waals surface area contributed by atoms with Gasteiger partial charge in [-0.2, -0.15) is 0 Å². The van der Waals surface area contributed by atoms with Crippen molar-refractivity contribution in [2.24, 2.45) is 0 Å². The van der Waals surface area contributed by atoms with Gasteiger partial charge in [-0.15, -0.1) is 0 Å². The standard InChI is InChI=1S/C35H31N3O9/c1-20-7-4-10-24(17-20)30(39)36-27-15-13-23(14-16-27)31(40)37-38-32(41)28(46-34(44)25-11-5-8-21(2)18-25)29(33(42)43)47-35(45)26-12-6-9-22(3)19-26/h4-19,28-29H,1-3H3,(H,36,39)(H,37,40)(H,38,41)(H,42,43)/t28-,29+/m0/s1. The van der Waals surface area contributed by atoms with Crippen molar-refractivity contribution in [3.05, 3.63) is 136 Å². The molecule has 0 aliphatic rings. The van der Waals surface area contributed by atoms with Gasteiger partial charge in [-0.25, -0.2) is 14.4 Å². The topological polar surface area (TPSA) is 177 Å². The van der Waals surface area contributed by atoms with Crippen LogP contribution in [-0.4, -0.2) is 52.9 Å². The Bertz CT molecular complexity index is 1840. The highest BCUT2D eigenvalue weighted by molar-refractivity contribution is 6.05. The lowest BCUT2D eigenvalue weighted by Crippen LogP contribution is -2.54. The Kier molecular flexibility index (Phi) is 10.8. The Labute approximate surface area is 269 Å². The van der Waals surface area contributed by atoms with E-state index in [9.17, 15) is 33.9 Å². The molecular formula is C35H31N3O9. The third-order valence-corrected chi connectivity index (χ3v) is 6.74. The SMILES string of the molecule is Cc1cccc(C(=O)Nc2ccc(C(=O)NNC(=O)[C@@H](OC(=O)c3cccc(C)c3)[C@@H](OC(=O)c3cccc(C)c3)C(=O)O)cc2)c1. The first kappa shape index (κ1) is 33.6. The highest BCUT2D eigenvalue weighted by Gasteiger charge is 2.41. The van der Waals surface area contributed by atoms with Gasteiger partial charge in [-0.3, -0.25) is 25.2 Å². The van der Waals surface area contributed by atoms with Crippen molar-refractivity contribution in [2.75, 3.05) is 5.32 Å². The second kappa shape index (κ2) is 15.1. The van der Waals surface area contributed by atoms with E-state index in [-0.39, 0.29) is 22.6 Å². The van der Waals surface area contributed by atoms with E-state index in [4.69, 9.17) is 9.47 Å². The molecule has 0 aromatic heterocycles. The van der Waals surface area contributed by atoms with E-state index in [1.54, 1.807) is 56.3 Å². The molecule has 0 unspecified atom stereocenters. The Morgan fingerprint density at radius 2 is 1.02 bits per heavy atom. The molecule has 0 saturated carbocycles. The summed E-state index contributed by atoms with van der Waals surface area (Å²) in [6, 6.07) is 25.0. The van der Waals surface area contributed by atoms with Gasteiger partial charge in [0.05, 0.1) is 11.1 Å². The van der Waals surface area contributed by atoms with Crippen LogP contribution in [0.15, 0.2) is 97.1 Å². The van der Waals surface area contributed by atoms with E-state index in [1.165, 1.54) is 48.5 Å². The van der Waals surface area contributed by atoms with Crippen LogP contribution in [0.2, 0.25) is 0 Å². The second-order valence-corrected chi connectivity index (χ2v) is 10.6. The van der Waals surface area contributed by atoms with Crippen LogP contribution in [0.5, 0.6) is 0 Å². The van der Waals surface area contributed by atoms with Gasteiger partial charge < -0.3 is 19.9 Å². The van der Waals surface area contributed by atoms with Crippen LogP contribution in [0.1, 0.15) is 58.1 Å². The maximum Gasteiger partial charge on any atom is 0.349 e. The van der Waals surface area contributed by atoms with E-state index in [2.05, 4.69) is 10.7 Å². The number of carbonyl (C=O) groups excluding carboxylic acids is 5. The lowest BCUT2D eigenvalue weighted by molar-refractivity contribution is -0.159. The number of aliphatic carboxylic acids is 1. The Balaban J connectivity index is 1.48. The molecule has 0 saturated heterocycles. The van der Waals surface area contributed by atoms with Crippen molar-refractivity contribution < 1.29 is 43.3 Å². The highest BCUT2D eigenvalue weighted by atomic mass is 16.6. The van der Waals surface area contributed by atoms with Gasteiger partial charge in [-0.05, 0) is 81.4 Å². The van der Waals surface area contributed by atoms with Crippen LogP contribution in [0.4, 0.5) is 5.69 Å². The molecule has 47 heavy (non-hydrogen) atoms. The van der Waals surface area contributed by atoms with Crippen LogP contribution < -0.4 is 16.2 Å². The van der Waals surface area contributed by atoms with Crippen LogP contribution in [0, 0.1) is 20.8 Å². The molecule has 2 atom stereocenters. The number of esters is 2. The van der Waals surface area contributed by atoms with Crippen LogP contribution in [0.3, 0.4) is 0 Å². The van der Waals surface area contributed by atoms with Gasteiger partial charge in [0.15, 0.2) is 0 Å². The molecular weight excluding hydrogens is 606 g/mol. The quantitative estimate of drug-likeness (QED) is 0.147. The van der Waals surface area contributed by atoms with Gasteiger partial charge in [0.25, 0.3) is 17.7 Å². The maximum absolute atomic E-state index is 13.3. The minimum Gasteiger partial charge on any atom is -0.478 e. The van der Waals surface area contributed by atoms with E-state index in [0.29, 0.717) is 22.4 Å². The predicted octanol–water partition coefficient (Wildman–Crippen LogP) is 4.16. The average molecular weight is 638 g/mol. The molecule has 0 heterocycles. The smallest absolute Gasteiger partial charge is 0.349 e. The summed E-state index contributed by atoms with van der Waals surface area (Å²) in [4.78, 5) is 76.7. The van der Waals surface area contributed by atoms with Gasteiger partial charge in [0.2, 0.25) is 12.2 Å². The average Bonchev–Trinajstić information content (AvgIpc) is 3.05. The molecule has 240 valence electrons. The number of carbonyl (C=O) groups is 6. The van der Waals surface area contributed by atoms with E-state index >= 15 is 0 Å². The number of amides is 3. The number of anilines is 1. The number of benzene rings is 4. The zero-order chi connectivity index (χ0) is 34.1. The number of rotatable bonds is 10. The molecule has 4 N–H and O–H groups in total. The minimum absolute atomic E-state index is 0.00670. The van der Waals surface area contributed by atoms with Gasteiger partial charge >= 0.3 is 17.9 Å². The van der Waals surface area contributed by atoms with Crippen molar-refractivity contribution in [3.8, 4) is 0 Å². The van der Waals surface area contributed by atoms with Crippen molar-refractivity contribution in [1.82, 2.24) is 10.9 Å². The number of hydrogen-bond donors (Lipinski definition) is 4. The number of hydrazine groups is 1. The molecule has 0 aliphatic carbocycles. The summed E-state index contributed by atoms with van der Waals surface area (Å²) >= 11 is 0. The summed E-state index contributed by atoms with van der Waals surface area (Å²) in [6.07, 6.45) is -4.50. The first-order valence-corrected chi connectivity index (χ1v) is 14.3. The predicted molar refractivity (Wildman–Crippen MR) is 170 cm³/mol. The Morgan fingerprint density at radius 1 is 0.553 bits per heavy atom. The summed E-state index contributed by atoms with van der Waals surface area (Å²) in [6.45, 7) is 5.28.